The molecule has 1 aromatic rings. The van der Waals surface area contributed by atoms with Crippen LogP contribution in [0.15, 0.2) is 16.8 Å². The van der Waals surface area contributed by atoms with E-state index >= 15 is 0 Å². The third kappa shape index (κ3) is 2.77. The Morgan fingerprint density at radius 2 is 2.31 bits per heavy atom. The zero-order chi connectivity index (χ0) is 9.84. The van der Waals surface area contributed by atoms with E-state index < -0.39 is 24.7 Å². The summed E-state index contributed by atoms with van der Waals surface area (Å²) >= 11 is 1.29. The molecule has 0 aliphatic heterocycles. The average Bonchev–Trinajstić information content (AvgIpc) is 2.50. The van der Waals surface area contributed by atoms with E-state index in [9.17, 15) is 13.6 Å². The second-order valence-corrected chi connectivity index (χ2v) is 3.38. The number of alkyl halides is 2. The van der Waals surface area contributed by atoms with E-state index in [-0.39, 0.29) is 0 Å². The topological polar surface area (TPSA) is 37.3 Å². The summed E-state index contributed by atoms with van der Waals surface area (Å²) in [6, 6.07) is 1.53. The second-order valence-electron chi connectivity index (χ2n) is 2.60. The lowest BCUT2D eigenvalue weighted by Gasteiger charge is -2.11. The highest BCUT2D eigenvalue weighted by molar-refractivity contribution is 7.07. The molecule has 1 rings (SSSR count). The molecule has 1 N–H and O–H groups in total. The van der Waals surface area contributed by atoms with Gasteiger partial charge in [0.15, 0.2) is 0 Å². The van der Waals surface area contributed by atoms with Gasteiger partial charge in [0.2, 0.25) is 6.43 Å². The molecule has 72 valence electrons. The first-order valence-corrected chi connectivity index (χ1v) is 4.57. The third-order valence-corrected chi connectivity index (χ3v) is 2.37. The highest BCUT2D eigenvalue weighted by atomic mass is 32.1. The Bertz CT molecular complexity index is 272. The number of halogens is 2. The van der Waals surface area contributed by atoms with Crippen LogP contribution in [0.3, 0.4) is 0 Å². The molecule has 0 radical (unpaired) electrons. The Hall–Kier alpha value is -0.970. The normalized spacial score (nSPS) is 13.2. The lowest BCUT2D eigenvalue weighted by atomic mass is 9.99. The first-order valence-electron chi connectivity index (χ1n) is 3.63. The maximum absolute atomic E-state index is 12.4. The van der Waals surface area contributed by atoms with Crippen molar-refractivity contribution in [1.82, 2.24) is 0 Å². The molecule has 0 amide bonds. The highest BCUT2D eigenvalue weighted by Crippen LogP contribution is 2.28. The maximum atomic E-state index is 12.4. The van der Waals surface area contributed by atoms with E-state index in [1.165, 1.54) is 17.4 Å². The lowest BCUT2D eigenvalue weighted by molar-refractivity contribution is -0.138. The van der Waals surface area contributed by atoms with Crippen LogP contribution in [0.1, 0.15) is 17.9 Å². The van der Waals surface area contributed by atoms with Gasteiger partial charge in [-0.3, -0.25) is 4.79 Å². The number of thiophene rings is 1. The van der Waals surface area contributed by atoms with Crippen LogP contribution in [0.5, 0.6) is 0 Å². The zero-order valence-electron chi connectivity index (χ0n) is 6.61. The summed E-state index contributed by atoms with van der Waals surface area (Å²) in [5.74, 6) is -2.37. The molecule has 1 heterocycles. The molecule has 2 nitrogen and oxygen atoms in total. The van der Waals surface area contributed by atoms with Gasteiger partial charge >= 0.3 is 5.97 Å². The molecule has 0 spiro atoms. The van der Waals surface area contributed by atoms with Crippen molar-refractivity contribution in [2.24, 2.45) is 0 Å². The van der Waals surface area contributed by atoms with Crippen molar-refractivity contribution in [3.8, 4) is 0 Å². The Balaban J connectivity index is 2.74. The fourth-order valence-corrected chi connectivity index (χ4v) is 1.75. The second kappa shape index (κ2) is 4.32. The van der Waals surface area contributed by atoms with Gasteiger partial charge in [-0.1, -0.05) is 0 Å². The minimum absolute atomic E-state index is 0.405. The van der Waals surface area contributed by atoms with Gasteiger partial charge in [-0.15, -0.1) is 0 Å². The number of rotatable bonds is 4. The summed E-state index contributed by atoms with van der Waals surface area (Å²) in [6.45, 7) is 0. The van der Waals surface area contributed by atoms with Gasteiger partial charge in [0.05, 0.1) is 12.3 Å². The van der Waals surface area contributed by atoms with E-state index in [1.54, 1.807) is 10.8 Å². The summed E-state index contributed by atoms with van der Waals surface area (Å²) in [7, 11) is 0. The van der Waals surface area contributed by atoms with Gasteiger partial charge < -0.3 is 5.11 Å². The highest BCUT2D eigenvalue weighted by Gasteiger charge is 2.25. The summed E-state index contributed by atoms with van der Waals surface area (Å²) in [5, 5.41) is 11.6. The molecule has 13 heavy (non-hydrogen) atoms. The van der Waals surface area contributed by atoms with Gasteiger partial charge in [-0.05, 0) is 22.4 Å². The van der Waals surface area contributed by atoms with Crippen LogP contribution < -0.4 is 0 Å². The van der Waals surface area contributed by atoms with Gasteiger partial charge in [0.1, 0.15) is 0 Å². The maximum Gasteiger partial charge on any atom is 0.304 e. The lowest BCUT2D eigenvalue weighted by Crippen LogP contribution is -2.13. The Morgan fingerprint density at radius 3 is 2.69 bits per heavy atom. The summed E-state index contributed by atoms with van der Waals surface area (Å²) in [6.07, 6.45) is -3.14. The monoisotopic (exact) mass is 206 g/mol. The SMILES string of the molecule is O=C(O)CC(c1ccsc1)C(F)F. The number of carboxylic acids is 1. The van der Waals surface area contributed by atoms with Crippen molar-refractivity contribution in [2.75, 3.05) is 0 Å². The summed E-state index contributed by atoms with van der Waals surface area (Å²) in [5.41, 5.74) is 0.405. The molecule has 0 fully saturated rings. The first kappa shape index (κ1) is 10.1. The summed E-state index contributed by atoms with van der Waals surface area (Å²) in [4.78, 5) is 10.3. The minimum Gasteiger partial charge on any atom is -0.481 e. The molecule has 5 heteroatoms. The zero-order valence-corrected chi connectivity index (χ0v) is 7.43. The number of carbonyl (C=O) groups is 1. The molecule has 0 bridgehead atoms. The standard InChI is InChI=1S/C8H8F2O2S/c9-8(10)6(3-7(11)12)5-1-2-13-4-5/h1-2,4,6,8H,3H2,(H,11,12). The van der Waals surface area contributed by atoms with Crippen molar-refractivity contribution in [2.45, 2.75) is 18.8 Å². The van der Waals surface area contributed by atoms with E-state index in [1.807, 2.05) is 0 Å². The molecule has 0 aromatic carbocycles. The van der Waals surface area contributed by atoms with Crippen molar-refractivity contribution >= 4 is 17.3 Å². The predicted molar refractivity (Wildman–Crippen MR) is 45.3 cm³/mol. The fourth-order valence-electron chi connectivity index (χ4n) is 1.03. The van der Waals surface area contributed by atoms with Crippen LogP contribution in [-0.4, -0.2) is 17.5 Å². The molecule has 0 aliphatic rings. The Labute approximate surface area is 77.8 Å². The molecule has 1 aromatic heterocycles. The van der Waals surface area contributed by atoms with Crippen LogP contribution in [0, 0.1) is 0 Å². The number of carboxylic acid groups (broad SMARTS) is 1. The van der Waals surface area contributed by atoms with Crippen LogP contribution >= 0.6 is 11.3 Å². The largest absolute Gasteiger partial charge is 0.481 e. The van der Waals surface area contributed by atoms with Crippen LogP contribution in [0.2, 0.25) is 0 Å². The third-order valence-electron chi connectivity index (χ3n) is 1.67. The van der Waals surface area contributed by atoms with Crippen molar-refractivity contribution in [3.63, 3.8) is 0 Å². The van der Waals surface area contributed by atoms with Gasteiger partial charge in [-0.25, -0.2) is 8.78 Å². The number of hydrogen-bond acceptors (Lipinski definition) is 2. The smallest absolute Gasteiger partial charge is 0.304 e. The van der Waals surface area contributed by atoms with E-state index in [0.717, 1.165) is 0 Å². The average molecular weight is 206 g/mol. The Morgan fingerprint density at radius 1 is 1.62 bits per heavy atom. The van der Waals surface area contributed by atoms with Crippen LogP contribution in [0.25, 0.3) is 0 Å². The Kier molecular flexibility index (Phi) is 3.36. The van der Waals surface area contributed by atoms with Crippen molar-refractivity contribution in [1.29, 1.82) is 0 Å². The van der Waals surface area contributed by atoms with E-state index in [4.69, 9.17) is 5.11 Å². The van der Waals surface area contributed by atoms with Gasteiger partial charge in [-0.2, -0.15) is 11.3 Å². The quantitative estimate of drug-likeness (QED) is 0.822. The molecule has 0 aliphatic carbocycles. The number of hydrogen-bond donors (Lipinski definition) is 1. The molecule has 0 saturated heterocycles. The molecular weight excluding hydrogens is 198 g/mol. The molecule has 1 atom stereocenters. The van der Waals surface area contributed by atoms with E-state index in [0.29, 0.717) is 5.56 Å². The molecule has 0 saturated carbocycles. The van der Waals surface area contributed by atoms with Gasteiger partial charge in [0.25, 0.3) is 0 Å². The predicted octanol–water partition coefficient (Wildman–Crippen LogP) is 2.57. The van der Waals surface area contributed by atoms with Crippen molar-refractivity contribution < 1.29 is 18.7 Å². The summed E-state index contributed by atoms with van der Waals surface area (Å²) < 4.78 is 24.7. The minimum atomic E-state index is -2.62. The van der Waals surface area contributed by atoms with Gasteiger partial charge in [0, 0.05) is 0 Å². The fraction of sp³-hybridized carbons (Fsp3) is 0.375. The van der Waals surface area contributed by atoms with Crippen molar-refractivity contribution in [3.05, 3.63) is 22.4 Å². The van der Waals surface area contributed by atoms with Crippen LogP contribution in [-0.2, 0) is 4.79 Å². The molecular formula is C8H8F2O2S. The first-order chi connectivity index (χ1) is 6.11. The van der Waals surface area contributed by atoms with Crippen LogP contribution in [0.4, 0.5) is 8.78 Å². The van der Waals surface area contributed by atoms with E-state index in [2.05, 4.69) is 0 Å². The number of aliphatic carboxylic acids is 1. The molecule has 1 unspecified atom stereocenters.